The van der Waals surface area contributed by atoms with Crippen LogP contribution in [0.1, 0.15) is 104 Å². The number of esters is 1. The second kappa shape index (κ2) is 16.3. The number of hydrogen-bond donors (Lipinski definition) is 0. The molecule has 0 aromatic carbocycles. The van der Waals surface area contributed by atoms with E-state index in [1.54, 1.807) is 0 Å². The number of halogens is 1. The number of alkyl halides is 1. The van der Waals surface area contributed by atoms with E-state index in [9.17, 15) is 9.18 Å². The Bertz CT molecular complexity index is 268. The van der Waals surface area contributed by atoms with E-state index in [1.165, 1.54) is 19.3 Å². The predicted molar refractivity (Wildman–Crippen MR) is 96.4 cm³/mol. The Morgan fingerprint density at radius 3 is 2.00 bits per heavy atom. The average Bonchev–Trinajstić information content (AvgIpc) is 2.54. The molecule has 0 saturated carbocycles. The van der Waals surface area contributed by atoms with Crippen molar-refractivity contribution >= 4 is 5.97 Å². The SMILES string of the molecule is CCCCCCC(CCCC)C(=O)OCCC(F)CCCCC. The normalized spacial score (nSPS) is 13.7. The molecular weight excluding hydrogens is 291 g/mol. The maximum atomic E-state index is 13.7. The number of rotatable bonds is 16. The van der Waals surface area contributed by atoms with Crippen LogP contribution in [-0.4, -0.2) is 18.7 Å². The highest BCUT2D eigenvalue weighted by Gasteiger charge is 2.19. The van der Waals surface area contributed by atoms with Crippen LogP contribution in [0.25, 0.3) is 0 Å². The van der Waals surface area contributed by atoms with Gasteiger partial charge in [-0.25, -0.2) is 4.39 Å². The first-order chi connectivity index (χ1) is 11.2. The number of unbranched alkanes of at least 4 members (excludes halogenated alkanes) is 6. The van der Waals surface area contributed by atoms with Crippen LogP contribution in [0.4, 0.5) is 4.39 Å². The number of carbonyl (C=O) groups is 1. The average molecular weight is 331 g/mol. The van der Waals surface area contributed by atoms with Gasteiger partial charge in [-0.3, -0.25) is 4.79 Å². The summed E-state index contributed by atoms with van der Waals surface area (Å²) in [5.74, 6) is -0.0827. The first-order valence-electron chi connectivity index (χ1n) is 9.96. The van der Waals surface area contributed by atoms with Gasteiger partial charge in [0.25, 0.3) is 0 Å². The van der Waals surface area contributed by atoms with E-state index in [-0.39, 0.29) is 18.5 Å². The standard InChI is InChI=1S/C20H39FO2/c1-4-7-10-12-14-18(13-9-6-3)20(22)23-17-16-19(21)15-11-8-5-2/h18-19H,4-17H2,1-3H3. The van der Waals surface area contributed by atoms with Crippen molar-refractivity contribution in [1.82, 2.24) is 0 Å². The van der Waals surface area contributed by atoms with E-state index < -0.39 is 6.17 Å². The summed E-state index contributed by atoms with van der Waals surface area (Å²) in [4.78, 5) is 12.2. The Kier molecular flexibility index (Phi) is 15.8. The third kappa shape index (κ3) is 13.5. The Morgan fingerprint density at radius 1 is 0.783 bits per heavy atom. The molecule has 23 heavy (non-hydrogen) atoms. The minimum absolute atomic E-state index is 0.0185. The van der Waals surface area contributed by atoms with Crippen molar-refractivity contribution in [2.24, 2.45) is 5.92 Å². The molecule has 0 N–H and O–H groups in total. The van der Waals surface area contributed by atoms with Crippen LogP contribution in [0.2, 0.25) is 0 Å². The van der Waals surface area contributed by atoms with E-state index in [2.05, 4.69) is 20.8 Å². The smallest absolute Gasteiger partial charge is 0.308 e. The molecule has 2 unspecified atom stereocenters. The first kappa shape index (κ1) is 22.4. The summed E-state index contributed by atoms with van der Waals surface area (Å²) in [7, 11) is 0. The molecule has 0 saturated heterocycles. The third-order valence-corrected chi connectivity index (χ3v) is 4.44. The van der Waals surface area contributed by atoms with Crippen LogP contribution in [-0.2, 0) is 9.53 Å². The van der Waals surface area contributed by atoms with Crippen LogP contribution in [0.15, 0.2) is 0 Å². The van der Waals surface area contributed by atoms with Crippen molar-refractivity contribution in [3.8, 4) is 0 Å². The molecule has 0 aliphatic rings. The fraction of sp³-hybridized carbons (Fsp3) is 0.950. The zero-order valence-corrected chi connectivity index (χ0v) is 15.7. The Morgan fingerprint density at radius 2 is 1.35 bits per heavy atom. The summed E-state index contributed by atoms with van der Waals surface area (Å²) < 4.78 is 19.0. The molecule has 0 aliphatic heterocycles. The maximum absolute atomic E-state index is 13.7. The van der Waals surface area contributed by atoms with Gasteiger partial charge in [0.15, 0.2) is 0 Å². The predicted octanol–water partition coefficient (Wildman–Crippen LogP) is 6.61. The lowest BCUT2D eigenvalue weighted by Crippen LogP contribution is -2.20. The van der Waals surface area contributed by atoms with E-state index in [0.717, 1.165) is 51.4 Å². The lowest BCUT2D eigenvalue weighted by Gasteiger charge is -2.16. The van der Waals surface area contributed by atoms with Gasteiger partial charge in [0.2, 0.25) is 0 Å². The molecule has 2 atom stereocenters. The van der Waals surface area contributed by atoms with Gasteiger partial charge >= 0.3 is 5.97 Å². The lowest BCUT2D eigenvalue weighted by atomic mass is 9.95. The number of hydrogen-bond acceptors (Lipinski definition) is 2. The molecule has 3 heteroatoms. The topological polar surface area (TPSA) is 26.3 Å². The molecule has 0 bridgehead atoms. The molecule has 0 aromatic heterocycles. The Labute approximate surface area is 143 Å². The van der Waals surface area contributed by atoms with Gasteiger partial charge < -0.3 is 4.74 Å². The van der Waals surface area contributed by atoms with Crippen molar-refractivity contribution in [2.45, 2.75) is 110 Å². The fourth-order valence-electron chi connectivity index (χ4n) is 2.81. The van der Waals surface area contributed by atoms with E-state index >= 15 is 0 Å². The van der Waals surface area contributed by atoms with Crippen LogP contribution in [0.5, 0.6) is 0 Å². The molecule has 0 aliphatic carbocycles. The quantitative estimate of drug-likeness (QED) is 0.235. The summed E-state index contributed by atoms with van der Waals surface area (Å²) in [6.45, 7) is 6.69. The molecular formula is C20H39FO2. The summed E-state index contributed by atoms with van der Waals surface area (Å²) in [5, 5.41) is 0. The molecule has 2 nitrogen and oxygen atoms in total. The van der Waals surface area contributed by atoms with Crippen molar-refractivity contribution in [1.29, 1.82) is 0 Å². The van der Waals surface area contributed by atoms with Gasteiger partial charge in [-0.05, 0) is 19.3 Å². The molecule has 0 spiro atoms. The van der Waals surface area contributed by atoms with E-state index in [4.69, 9.17) is 4.74 Å². The Balaban J connectivity index is 3.96. The van der Waals surface area contributed by atoms with Gasteiger partial charge in [0.05, 0.1) is 12.5 Å². The third-order valence-electron chi connectivity index (χ3n) is 4.44. The maximum Gasteiger partial charge on any atom is 0.308 e. The first-order valence-corrected chi connectivity index (χ1v) is 9.96. The molecule has 0 fully saturated rings. The van der Waals surface area contributed by atoms with Crippen molar-refractivity contribution in [2.75, 3.05) is 6.61 Å². The minimum atomic E-state index is -0.826. The van der Waals surface area contributed by atoms with Gasteiger partial charge in [-0.15, -0.1) is 0 Å². The zero-order chi connectivity index (χ0) is 17.3. The molecule has 0 radical (unpaired) electrons. The second-order valence-corrected chi connectivity index (χ2v) is 6.74. The van der Waals surface area contributed by atoms with Gasteiger partial charge in [-0.2, -0.15) is 0 Å². The van der Waals surface area contributed by atoms with Gasteiger partial charge in [-0.1, -0.05) is 78.6 Å². The van der Waals surface area contributed by atoms with Crippen LogP contribution in [0, 0.1) is 5.92 Å². The van der Waals surface area contributed by atoms with E-state index in [0.29, 0.717) is 12.8 Å². The van der Waals surface area contributed by atoms with Crippen LogP contribution >= 0.6 is 0 Å². The molecule has 0 amide bonds. The molecule has 0 aromatic rings. The monoisotopic (exact) mass is 330 g/mol. The van der Waals surface area contributed by atoms with Crippen molar-refractivity contribution in [3.63, 3.8) is 0 Å². The fourth-order valence-corrected chi connectivity index (χ4v) is 2.81. The van der Waals surface area contributed by atoms with Crippen LogP contribution < -0.4 is 0 Å². The summed E-state index contributed by atoms with van der Waals surface area (Å²) in [6, 6.07) is 0. The van der Waals surface area contributed by atoms with Crippen molar-refractivity contribution in [3.05, 3.63) is 0 Å². The highest BCUT2D eigenvalue weighted by molar-refractivity contribution is 5.72. The highest BCUT2D eigenvalue weighted by Crippen LogP contribution is 2.19. The Hall–Kier alpha value is -0.600. The van der Waals surface area contributed by atoms with E-state index in [1.807, 2.05) is 0 Å². The largest absolute Gasteiger partial charge is 0.465 e. The summed E-state index contributed by atoms with van der Waals surface area (Å²) in [6.07, 6.45) is 12.0. The van der Waals surface area contributed by atoms with Gasteiger partial charge in [0, 0.05) is 6.42 Å². The minimum Gasteiger partial charge on any atom is -0.465 e. The summed E-state index contributed by atoms with van der Waals surface area (Å²) in [5.41, 5.74) is 0. The van der Waals surface area contributed by atoms with Crippen molar-refractivity contribution < 1.29 is 13.9 Å². The summed E-state index contributed by atoms with van der Waals surface area (Å²) >= 11 is 0. The second-order valence-electron chi connectivity index (χ2n) is 6.74. The molecule has 0 heterocycles. The molecule has 0 rings (SSSR count). The number of carbonyl (C=O) groups excluding carboxylic acids is 1. The lowest BCUT2D eigenvalue weighted by molar-refractivity contribution is -0.149. The highest BCUT2D eigenvalue weighted by atomic mass is 19.1. The molecule has 138 valence electrons. The van der Waals surface area contributed by atoms with Gasteiger partial charge in [0.1, 0.15) is 6.17 Å². The number of ether oxygens (including phenoxy) is 1. The van der Waals surface area contributed by atoms with Crippen LogP contribution in [0.3, 0.4) is 0 Å². The zero-order valence-electron chi connectivity index (χ0n) is 15.7.